The van der Waals surface area contributed by atoms with Gasteiger partial charge in [-0.15, -0.1) is 0 Å². The molecular weight excluding hydrogens is 316 g/mol. The molecule has 0 saturated carbocycles. The van der Waals surface area contributed by atoms with Gasteiger partial charge in [-0.2, -0.15) is 5.10 Å². The lowest BCUT2D eigenvalue weighted by molar-refractivity contribution is 0.102. The molecule has 2 heterocycles. The van der Waals surface area contributed by atoms with E-state index in [2.05, 4.69) is 10.4 Å². The van der Waals surface area contributed by atoms with E-state index in [1.165, 1.54) is 19.2 Å². The van der Waals surface area contributed by atoms with Crippen LogP contribution in [0.3, 0.4) is 0 Å². The Bertz CT molecular complexity index is 916. The van der Waals surface area contributed by atoms with Gasteiger partial charge in [-0.3, -0.25) is 9.59 Å². The fraction of sp³-hybridized carbons (Fsp3) is 0.0625. The van der Waals surface area contributed by atoms with E-state index in [-0.39, 0.29) is 11.3 Å². The van der Waals surface area contributed by atoms with Crippen LogP contribution in [0.15, 0.2) is 59.7 Å². The van der Waals surface area contributed by atoms with Crippen molar-refractivity contribution < 1.29 is 4.79 Å². The van der Waals surface area contributed by atoms with Crippen LogP contribution in [0.5, 0.6) is 0 Å². The predicted octanol–water partition coefficient (Wildman–Crippen LogP) is 2.48. The zero-order valence-corrected chi connectivity index (χ0v) is 13.0. The largest absolute Gasteiger partial charge is 0.322 e. The summed E-state index contributed by atoms with van der Waals surface area (Å²) in [7, 11) is 1.49. The Labute approximate surface area is 136 Å². The quantitative estimate of drug-likeness (QED) is 0.803. The number of anilines is 1. The van der Waals surface area contributed by atoms with Crippen LogP contribution in [0.2, 0.25) is 5.02 Å². The standard InChI is InChI=1S/C16H13ClN4O2/c1-20-15(22)7-6-13(19-20)16(23)18-12-5-4-11(17)10-14(12)21-8-2-3-9-21/h2-10H,1H3,(H,18,23). The zero-order valence-electron chi connectivity index (χ0n) is 12.2. The molecule has 0 radical (unpaired) electrons. The fourth-order valence-electron chi connectivity index (χ4n) is 2.13. The van der Waals surface area contributed by atoms with Crippen LogP contribution >= 0.6 is 11.6 Å². The molecule has 0 aliphatic heterocycles. The van der Waals surface area contributed by atoms with Crippen LogP contribution in [-0.4, -0.2) is 20.3 Å². The topological polar surface area (TPSA) is 68.9 Å². The first kappa shape index (κ1) is 15.1. The molecule has 0 saturated heterocycles. The van der Waals surface area contributed by atoms with Gasteiger partial charge < -0.3 is 9.88 Å². The van der Waals surface area contributed by atoms with Crippen LogP contribution in [0, 0.1) is 0 Å². The summed E-state index contributed by atoms with van der Waals surface area (Å²) in [6.45, 7) is 0. The third kappa shape index (κ3) is 3.17. The molecule has 23 heavy (non-hydrogen) atoms. The number of hydrogen-bond acceptors (Lipinski definition) is 3. The van der Waals surface area contributed by atoms with E-state index in [1.807, 2.05) is 29.1 Å². The molecular formula is C16H13ClN4O2. The van der Waals surface area contributed by atoms with Gasteiger partial charge in [0, 0.05) is 30.5 Å². The van der Waals surface area contributed by atoms with Gasteiger partial charge in [0.25, 0.3) is 11.5 Å². The SMILES string of the molecule is Cn1nc(C(=O)Nc2ccc(Cl)cc2-n2cccc2)ccc1=O. The Balaban J connectivity index is 1.95. The number of aromatic nitrogens is 3. The minimum absolute atomic E-state index is 0.153. The molecule has 0 atom stereocenters. The summed E-state index contributed by atoms with van der Waals surface area (Å²) < 4.78 is 2.96. The first-order valence-corrected chi connectivity index (χ1v) is 7.21. The second-order valence-electron chi connectivity index (χ2n) is 4.89. The van der Waals surface area contributed by atoms with Gasteiger partial charge in [0.05, 0.1) is 11.4 Å². The Hall–Kier alpha value is -2.86. The number of rotatable bonds is 3. The molecule has 7 heteroatoms. The molecule has 1 N–H and O–H groups in total. The number of nitrogens with zero attached hydrogens (tertiary/aromatic N) is 3. The summed E-state index contributed by atoms with van der Waals surface area (Å²) in [5, 5.41) is 7.29. The van der Waals surface area contributed by atoms with Crippen molar-refractivity contribution in [2.24, 2.45) is 7.05 Å². The number of carbonyl (C=O) groups excluding carboxylic acids is 1. The highest BCUT2D eigenvalue weighted by atomic mass is 35.5. The predicted molar refractivity (Wildman–Crippen MR) is 88.2 cm³/mol. The monoisotopic (exact) mass is 328 g/mol. The second-order valence-corrected chi connectivity index (χ2v) is 5.32. The Morgan fingerprint density at radius 3 is 2.61 bits per heavy atom. The molecule has 116 valence electrons. The third-order valence-corrected chi connectivity index (χ3v) is 3.52. The summed E-state index contributed by atoms with van der Waals surface area (Å²) >= 11 is 6.05. The van der Waals surface area contributed by atoms with Crippen molar-refractivity contribution >= 4 is 23.2 Å². The highest BCUT2D eigenvalue weighted by Crippen LogP contribution is 2.25. The summed E-state index contributed by atoms with van der Waals surface area (Å²) in [5.41, 5.74) is 1.20. The molecule has 6 nitrogen and oxygen atoms in total. The van der Waals surface area contributed by atoms with Gasteiger partial charge in [0.15, 0.2) is 0 Å². The normalized spacial score (nSPS) is 10.5. The molecule has 1 amide bonds. The average Bonchev–Trinajstić information content (AvgIpc) is 3.06. The van der Waals surface area contributed by atoms with E-state index in [1.54, 1.807) is 18.2 Å². The smallest absolute Gasteiger partial charge is 0.276 e. The van der Waals surface area contributed by atoms with E-state index in [9.17, 15) is 9.59 Å². The number of carbonyl (C=O) groups is 1. The number of amides is 1. The average molecular weight is 329 g/mol. The molecule has 2 aromatic heterocycles. The van der Waals surface area contributed by atoms with Crippen molar-refractivity contribution in [3.8, 4) is 5.69 Å². The van der Waals surface area contributed by atoms with Crippen molar-refractivity contribution in [1.82, 2.24) is 14.3 Å². The highest BCUT2D eigenvalue weighted by Gasteiger charge is 2.12. The lowest BCUT2D eigenvalue weighted by Gasteiger charge is -2.12. The van der Waals surface area contributed by atoms with Crippen LogP contribution < -0.4 is 10.9 Å². The van der Waals surface area contributed by atoms with Crippen LogP contribution in [0.25, 0.3) is 5.69 Å². The first-order chi connectivity index (χ1) is 11.0. The van der Waals surface area contributed by atoms with Crippen molar-refractivity contribution in [1.29, 1.82) is 0 Å². The molecule has 0 fully saturated rings. The van der Waals surface area contributed by atoms with Crippen molar-refractivity contribution in [3.05, 3.63) is 75.9 Å². The van der Waals surface area contributed by atoms with Crippen molar-refractivity contribution in [3.63, 3.8) is 0 Å². The molecule has 1 aromatic carbocycles. The lowest BCUT2D eigenvalue weighted by Crippen LogP contribution is -2.23. The van der Waals surface area contributed by atoms with Gasteiger partial charge in [-0.25, -0.2) is 4.68 Å². The van der Waals surface area contributed by atoms with Gasteiger partial charge in [0.1, 0.15) is 5.69 Å². The van der Waals surface area contributed by atoms with Gasteiger partial charge in [-0.1, -0.05) is 11.6 Å². The number of halogens is 1. The fourth-order valence-corrected chi connectivity index (χ4v) is 2.30. The summed E-state index contributed by atoms with van der Waals surface area (Å²) in [6, 6.07) is 11.6. The molecule has 0 bridgehead atoms. The van der Waals surface area contributed by atoms with Crippen molar-refractivity contribution in [2.45, 2.75) is 0 Å². The van der Waals surface area contributed by atoms with Crippen LogP contribution in [-0.2, 0) is 7.05 Å². The van der Waals surface area contributed by atoms with Gasteiger partial charge in [0.2, 0.25) is 0 Å². The van der Waals surface area contributed by atoms with Crippen molar-refractivity contribution in [2.75, 3.05) is 5.32 Å². The Kier molecular flexibility index (Phi) is 3.99. The molecule has 0 unspecified atom stereocenters. The summed E-state index contributed by atoms with van der Waals surface area (Å²) in [4.78, 5) is 23.7. The van der Waals surface area contributed by atoms with Crippen LogP contribution in [0.1, 0.15) is 10.5 Å². The molecule has 0 aliphatic rings. The maximum atomic E-state index is 12.4. The van der Waals surface area contributed by atoms with E-state index >= 15 is 0 Å². The molecule has 0 spiro atoms. The first-order valence-electron chi connectivity index (χ1n) is 6.83. The van der Waals surface area contributed by atoms with E-state index in [0.29, 0.717) is 10.7 Å². The number of benzene rings is 1. The number of nitrogens with one attached hydrogen (secondary N) is 1. The minimum Gasteiger partial charge on any atom is -0.322 e. The van der Waals surface area contributed by atoms with E-state index < -0.39 is 5.91 Å². The Morgan fingerprint density at radius 2 is 1.91 bits per heavy atom. The summed E-state index contributed by atoms with van der Waals surface area (Å²) in [5.74, 6) is -0.406. The summed E-state index contributed by atoms with van der Waals surface area (Å²) in [6.07, 6.45) is 3.71. The highest BCUT2D eigenvalue weighted by molar-refractivity contribution is 6.31. The lowest BCUT2D eigenvalue weighted by atomic mass is 10.2. The van der Waals surface area contributed by atoms with E-state index in [4.69, 9.17) is 11.6 Å². The zero-order chi connectivity index (χ0) is 16.4. The van der Waals surface area contributed by atoms with E-state index in [0.717, 1.165) is 10.4 Å². The maximum Gasteiger partial charge on any atom is 0.276 e. The molecule has 3 rings (SSSR count). The Morgan fingerprint density at radius 1 is 1.17 bits per heavy atom. The molecule has 3 aromatic rings. The maximum absolute atomic E-state index is 12.4. The third-order valence-electron chi connectivity index (χ3n) is 3.28. The van der Waals surface area contributed by atoms with Gasteiger partial charge >= 0.3 is 0 Å². The second kappa shape index (κ2) is 6.10. The number of hydrogen-bond donors (Lipinski definition) is 1. The van der Waals surface area contributed by atoms with Crippen LogP contribution in [0.4, 0.5) is 5.69 Å². The van der Waals surface area contributed by atoms with Gasteiger partial charge in [-0.05, 0) is 36.4 Å². The molecule has 0 aliphatic carbocycles. The minimum atomic E-state index is -0.406. The number of aryl methyl sites for hydroxylation is 1.